The predicted molar refractivity (Wildman–Crippen MR) is 140 cm³/mol. The fourth-order valence-corrected chi connectivity index (χ4v) is 4.61. The number of ether oxygens (including phenoxy) is 3. The average Bonchev–Trinajstić information content (AvgIpc) is 3.26. The first-order valence-corrected chi connectivity index (χ1v) is 12.5. The maximum absolute atomic E-state index is 11.8. The summed E-state index contributed by atoms with van der Waals surface area (Å²) in [5.41, 5.74) is 1.01. The lowest BCUT2D eigenvalue weighted by Gasteiger charge is -2.32. The molecule has 36 heavy (non-hydrogen) atoms. The van der Waals surface area contributed by atoms with Crippen molar-refractivity contribution in [2.75, 3.05) is 38.8 Å². The Morgan fingerprint density at radius 3 is 2.53 bits per heavy atom. The van der Waals surface area contributed by atoms with Crippen LogP contribution in [-0.2, 0) is 4.74 Å². The first-order chi connectivity index (χ1) is 17.2. The number of hydrogen-bond donors (Lipinski definition) is 1. The molecule has 0 unspecified atom stereocenters. The van der Waals surface area contributed by atoms with Crippen molar-refractivity contribution in [3.05, 3.63) is 35.6 Å². The fraction of sp³-hybridized carbons (Fsp3) is 0.500. The Balaban J connectivity index is 1.38. The molecule has 0 radical (unpaired) electrons. The van der Waals surface area contributed by atoms with Crippen LogP contribution in [0, 0.1) is 5.92 Å². The van der Waals surface area contributed by atoms with Gasteiger partial charge in [-0.1, -0.05) is 11.6 Å². The monoisotopic (exact) mass is 515 g/mol. The van der Waals surface area contributed by atoms with Gasteiger partial charge in [-0.3, -0.25) is 4.40 Å². The maximum atomic E-state index is 11.8. The Morgan fingerprint density at radius 2 is 1.86 bits per heavy atom. The summed E-state index contributed by atoms with van der Waals surface area (Å²) in [7, 11) is 3.18. The highest BCUT2D eigenvalue weighted by Gasteiger charge is 2.22. The number of carbonyl (C=O) groups is 1. The van der Waals surface area contributed by atoms with Gasteiger partial charge in [0.05, 0.1) is 24.9 Å². The molecule has 3 aromatic rings. The third-order valence-corrected chi connectivity index (χ3v) is 6.52. The van der Waals surface area contributed by atoms with Crippen LogP contribution in [0.25, 0.3) is 17.0 Å². The van der Waals surface area contributed by atoms with Crippen molar-refractivity contribution in [2.24, 2.45) is 5.92 Å². The molecule has 2 aromatic heterocycles. The highest BCUT2D eigenvalue weighted by atomic mass is 35.5. The van der Waals surface area contributed by atoms with Crippen LogP contribution in [0.5, 0.6) is 11.5 Å². The summed E-state index contributed by atoms with van der Waals surface area (Å²) in [5, 5.41) is 3.35. The van der Waals surface area contributed by atoms with Crippen LogP contribution in [0.4, 0.5) is 10.6 Å². The van der Waals surface area contributed by atoms with Gasteiger partial charge in [-0.05, 0) is 58.1 Å². The van der Waals surface area contributed by atoms with Crippen molar-refractivity contribution in [2.45, 2.75) is 45.6 Å². The van der Waals surface area contributed by atoms with Gasteiger partial charge in [-0.15, -0.1) is 0 Å². The van der Waals surface area contributed by atoms with Gasteiger partial charge in [0.1, 0.15) is 22.9 Å². The van der Waals surface area contributed by atoms with Crippen LogP contribution >= 0.6 is 11.6 Å². The summed E-state index contributed by atoms with van der Waals surface area (Å²) in [6, 6.07) is 5.57. The van der Waals surface area contributed by atoms with Gasteiger partial charge in [0.25, 0.3) is 0 Å². The number of nitrogens with zero attached hydrogens (tertiary/aromatic N) is 4. The number of methoxy groups -OCH3 is 2. The fourth-order valence-electron chi connectivity index (χ4n) is 4.37. The molecule has 9 nitrogen and oxygen atoms in total. The lowest BCUT2D eigenvalue weighted by molar-refractivity contribution is 0.0524. The molecule has 194 valence electrons. The molecule has 4 rings (SSSR count). The Morgan fingerprint density at radius 1 is 1.14 bits per heavy atom. The zero-order valence-electron chi connectivity index (χ0n) is 21.5. The highest BCUT2D eigenvalue weighted by molar-refractivity contribution is 6.32. The number of fused-ring (bicyclic) bond motifs is 1. The second-order valence-corrected chi connectivity index (χ2v) is 10.4. The zero-order chi connectivity index (χ0) is 25.9. The number of hydrogen-bond acceptors (Lipinski definition) is 7. The largest absolute Gasteiger partial charge is 0.496 e. The summed E-state index contributed by atoms with van der Waals surface area (Å²) in [5.74, 6) is 3.25. The van der Waals surface area contributed by atoms with Crippen LogP contribution in [0.15, 0.2) is 30.6 Å². The molecular weight excluding hydrogens is 482 g/mol. The number of nitrogens with one attached hydrogen (secondary N) is 1. The Hall–Kier alpha value is -3.20. The summed E-state index contributed by atoms with van der Waals surface area (Å²) in [4.78, 5) is 23.7. The number of carbonyl (C=O) groups excluding carboxylic acids is 1. The van der Waals surface area contributed by atoms with Crippen molar-refractivity contribution in [3.8, 4) is 22.8 Å². The average molecular weight is 516 g/mol. The third-order valence-electron chi connectivity index (χ3n) is 6.22. The molecule has 1 aliphatic rings. The highest BCUT2D eigenvalue weighted by Crippen LogP contribution is 2.38. The molecule has 10 heteroatoms. The minimum atomic E-state index is -0.479. The van der Waals surface area contributed by atoms with Gasteiger partial charge in [0.2, 0.25) is 5.78 Å². The van der Waals surface area contributed by atoms with Gasteiger partial charge in [0.15, 0.2) is 0 Å². The van der Waals surface area contributed by atoms with Crippen molar-refractivity contribution in [3.63, 3.8) is 0 Å². The molecule has 1 aromatic carbocycles. The molecule has 3 heterocycles. The molecular formula is C26H34ClN5O4. The van der Waals surface area contributed by atoms with Gasteiger partial charge in [-0.2, -0.15) is 4.98 Å². The summed E-state index contributed by atoms with van der Waals surface area (Å²) in [6.45, 7) is 8.04. The van der Waals surface area contributed by atoms with Crippen LogP contribution < -0.4 is 19.7 Å². The van der Waals surface area contributed by atoms with E-state index in [2.05, 4.69) is 10.2 Å². The number of aromatic nitrogens is 3. The molecule has 1 saturated heterocycles. The lowest BCUT2D eigenvalue weighted by Crippen LogP contribution is -2.37. The van der Waals surface area contributed by atoms with Gasteiger partial charge in [-0.25, -0.2) is 9.78 Å². The first-order valence-electron chi connectivity index (χ1n) is 12.2. The van der Waals surface area contributed by atoms with Crippen LogP contribution in [0.2, 0.25) is 5.02 Å². The Labute approximate surface area is 216 Å². The van der Waals surface area contributed by atoms with Crippen LogP contribution in [0.1, 0.15) is 40.0 Å². The molecule has 0 bridgehead atoms. The summed E-state index contributed by atoms with van der Waals surface area (Å²) < 4.78 is 18.0. The van der Waals surface area contributed by atoms with E-state index in [1.807, 2.05) is 43.6 Å². The minimum Gasteiger partial charge on any atom is -0.496 e. The number of rotatable bonds is 7. The number of alkyl carbamates (subject to hydrolysis) is 1. The summed E-state index contributed by atoms with van der Waals surface area (Å²) >= 11 is 6.35. The SMILES string of the molecule is COc1cc(OC)c(-c2cn3ccc(N4CCC(CCNC(=O)OC(C)(C)C)CC4)nc3n2)cc1Cl. The third kappa shape index (κ3) is 6.13. The van der Waals surface area contributed by atoms with Gasteiger partial charge in [0, 0.05) is 43.7 Å². The first kappa shape index (κ1) is 25.9. The lowest BCUT2D eigenvalue weighted by atomic mass is 9.93. The van der Waals surface area contributed by atoms with E-state index in [-0.39, 0.29) is 6.09 Å². The molecule has 0 saturated carbocycles. The van der Waals surface area contributed by atoms with Crippen molar-refractivity contribution in [1.29, 1.82) is 0 Å². The minimum absolute atomic E-state index is 0.356. The van der Waals surface area contributed by atoms with Gasteiger partial charge >= 0.3 is 6.09 Å². The smallest absolute Gasteiger partial charge is 0.407 e. The van der Waals surface area contributed by atoms with Crippen molar-refractivity contribution in [1.82, 2.24) is 19.7 Å². The standard InChI is InChI=1S/C26H34ClN5O4/c1-26(2,3)36-25(33)28-10-6-17-7-11-31(12-8-17)23-9-13-32-16-20(29-24(32)30-23)18-14-19(27)22(35-5)15-21(18)34-4/h9,13-17H,6-8,10-12H2,1-5H3,(H,28,33). The van der Waals surface area contributed by atoms with E-state index in [9.17, 15) is 4.79 Å². The van der Waals surface area contributed by atoms with Crippen LogP contribution in [0.3, 0.4) is 0 Å². The second-order valence-electron chi connectivity index (χ2n) is 9.95. The van der Waals surface area contributed by atoms with E-state index in [1.165, 1.54) is 0 Å². The van der Waals surface area contributed by atoms with E-state index < -0.39 is 5.60 Å². The van der Waals surface area contributed by atoms with E-state index >= 15 is 0 Å². The number of piperidine rings is 1. The van der Waals surface area contributed by atoms with Crippen molar-refractivity contribution < 1.29 is 19.0 Å². The van der Waals surface area contributed by atoms with E-state index in [4.69, 9.17) is 35.8 Å². The van der Waals surface area contributed by atoms with E-state index in [0.717, 1.165) is 49.4 Å². The van der Waals surface area contributed by atoms with E-state index in [0.29, 0.717) is 34.8 Å². The predicted octanol–water partition coefficient (Wildman–Crippen LogP) is 5.20. The second kappa shape index (κ2) is 10.8. The van der Waals surface area contributed by atoms with Gasteiger partial charge < -0.3 is 24.4 Å². The maximum Gasteiger partial charge on any atom is 0.407 e. The molecule has 1 amide bonds. The number of anilines is 1. The van der Waals surface area contributed by atoms with Crippen molar-refractivity contribution >= 4 is 29.3 Å². The number of benzene rings is 1. The number of halogens is 1. The normalized spacial score (nSPS) is 14.7. The molecule has 0 spiro atoms. The molecule has 1 N–H and O–H groups in total. The Bertz CT molecular complexity index is 1220. The van der Waals surface area contributed by atoms with Crippen LogP contribution in [-0.4, -0.2) is 59.9 Å². The quantitative estimate of drug-likeness (QED) is 0.462. The molecule has 0 atom stereocenters. The van der Waals surface area contributed by atoms with E-state index in [1.54, 1.807) is 26.4 Å². The molecule has 1 fully saturated rings. The number of imidazole rings is 1. The Kier molecular flexibility index (Phi) is 7.78. The number of amides is 1. The molecule has 1 aliphatic heterocycles. The zero-order valence-corrected chi connectivity index (χ0v) is 22.3. The summed E-state index contributed by atoms with van der Waals surface area (Å²) in [6.07, 6.45) is 6.56. The topological polar surface area (TPSA) is 90.2 Å². The molecule has 0 aliphatic carbocycles.